The van der Waals surface area contributed by atoms with Crippen LogP contribution in [0.25, 0.3) is 0 Å². The van der Waals surface area contributed by atoms with Crippen LogP contribution in [0.5, 0.6) is 0 Å². The molecule has 0 aliphatic heterocycles. The Hall–Kier alpha value is -0.0400. The number of rotatable bonds is 3. The summed E-state index contributed by atoms with van der Waals surface area (Å²) in [6.07, 6.45) is 16.2. The molecule has 0 aromatic rings. The van der Waals surface area contributed by atoms with Crippen molar-refractivity contribution in [3.8, 4) is 0 Å². The van der Waals surface area contributed by atoms with Gasteiger partial charge in [0.2, 0.25) is 0 Å². The molecule has 2 aliphatic rings. The SMILES string of the molecule is CCC1CCCC(C(O)C2CCCCCCC2)C1. The van der Waals surface area contributed by atoms with Gasteiger partial charge in [-0.15, -0.1) is 0 Å². The average molecular weight is 252 g/mol. The minimum Gasteiger partial charge on any atom is -0.393 e. The molecule has 0 aromatic carbocycles. The molecule has 2 saturated carbocycles. The number of hydrogen-bond donors (Lipinski definition) is 1. The lowest BCUT2D eigenvalue weighted by molar-refractivity contribution is 0.0124. The van der Waals surface area contributed by atoms with E-state index >= 15 is 0 Å². The van der Waals surface area contributed by atoms with E-state index in [-0.39, 0.29) is 6.10 Å². The predicted molar refractivity (Wildman–Crippen MR) is 77.6 cm³/mol. The summed E-state index contributed by atoms with van der Waals surface area (Å²) in [5, 5.41) is 10.7. The molecular weight excluding hydrogens is 220 g/mol. The second kappa shape index (κ2) is 7.53. The van der Waals surface area contributed by atoms with Gasteiger partial charge in [-0.3, -0.25) is 0 Å². The number of aliphatic hydroxyl groups excluding tert-OH is 1. The van der Waals surface area contributed by atoms with Crippen LogP contribution in [-0.4, -0.2) is 11.2 Å². The summed E-state index contributed by atoms with van der Waals surface area (Å²) in [5.74, 6) is 2.13. The van der Waals surface area contributed by atoms with Crippen LogP contribution in [0.1, 0.15) is 84.0 Å². The Morgan fingerprint density at radius 3 is 2.11 bits per heavy atom. The molecule has 2 fully saturated rings. The lowest BCUT2D eigenvalue weighted by Crippen LogP contribution is -2.33. The summed E-state index contributed by atoms with van der Waals surface area (Å²) >= 11 is 0. The molecule has 0 spiro atoms. The first-order valence-electron chi connectivity index (χ1n) is 8.49. The van der Waals surface area contributed by atoms with Crippen molar-refractivity contribution in [1.29, 1.82) is 0 Å². The summed E-state index contributed by atoms with van der Waals surface area (Å²) in [6, 6.07) is 0. The molecule has 18 heavy (non-hydrogen) atoms. The maximum atomic E-state index is 10.7. The van der Waals surface area contributed by atoms with E-state index < -0.39 is 0 Å². The number of hydrogen-bond acceptors (Lipinski definition) is 1. The van der Waals surface area contributed by atoms with E-state index in [1.165, 1.54) is 77.0 Å². The topological polar surface area (TPSA) is 20.2 Å². The van der Waals surface area contributed by atoms with Crippen LogP contribution >= 0.6 is 0 Å². The summed E-state index contributed by atoms with van der Waals surface area (Å²) in [4.78, 5) is 0. The summed E-state index contributed by atoms with van der Waals surface area (Å²) in [7, 11) is 0. The smallest absolute Gasteiger partial charge is 0.0596 e. The highest BCUT2D eigenvalue weighted by Crippen LogP contribution is 2.37. The Kier molecular flexibility index (Phi) is 6.01. The Labute approximate surface area is 113 Å². The fourth-order valence-corrected chi connectivity index (χ4v) is 4.23. The molecule has 0 saturated heterocycles. The third-order valence-electron chi connectivity index (χ3n) is 5.52. The van der Waals surface area contributed by atoms with Gasteiger partial charge in [-0.1, -0.05) is 58.3 Å². The molecule has 2 aliphatic carbocycles. The van der Waals surface area contributed by atoms with Gasteiger partial charge in [0.1, 0.15) is 0 Å². The predicted octanol–water partition coefficient (Wildman–Crippen LogP) is 4.92. The molecule has 1 heteroatoms. The van der Waals surface area contributed by atoms with E-state index in [1.807, 2.05) is 0 Å². The Bertz CT molecular complexity index is 216. The zero-order valence-corrected chi connectivity index (χ0v) is 12.2. The van der Waals surface area contributed by atoms with Crippen LogP contribution in [0.4, 0.5) is 0 Å². The van der Waals surface area contributed by atoms with Crippen LogP contribution in [0.15, 0.2) is 0 Å². The Balaban J connectivity index is 1.85. The molecular formula is C17H32O. The van der Waals surface area contributed by atoms with Crippen molar-refractivity contribution < 1.29 is 5.11 Å². The lowest BCUT2D eigenvalue weighted by Gasteiger charge is -2.36. The van der Waals surface area contributed by atoms with Gasteiger partial charge in [-0.05, 0) is 43.4 Å². The monoisotopic (exact) mass is 252 g/mol. The second-order valence-electron chi connectivity index (χ2n) is 6.80. The van der Waals surface area contributed by atoms with Gasteiger partial charge in [-0.2, -0.15) is 0 Å². The summed E-state index contributed by atoms with van der Waals surface area (Å²) < 4.78 is 0. The third kappa shape index (κ3) is 3.98. The molecule has 106 valence electrons. The van der Waals surface area contributed by atoms with E-state index in [0.29, 0.717) is 11.8 Å². The van der Waals surface area contributed by atoms with Gasteiger partial charge in [0.25, 0.3) is 0 Å². The zero-order valence-electron chi connectivity index (χ0n) is 12.2. The van der Waals surface area contributed by atoms with Crippen molar-refractivity contribution in [3.63, 3.8) is 0 Å². The minimum absolute atomic E-state index is 0.0115. The van der Waals surface area contributed by atoms with E-state index in [4.69, 9.17) is 0 Å². The summed E-state index contributed by atoms with van der Waals surface area (Å²) in [5.41, 5.74) is 0. The third-order valence-corrected chi connectivity index (χ3v) is 5.52. The molecule has 0 heterocycles. The van der Waals surface area contributed by atoms with Gasteiger partial charge in [0.15, 0.2) is 0 Å². The first kappa shape index (κ1) is 14.4. The maximum absolute atomic E-state index is 10.7. The van der Waals surface area contributed by atoms with E-state index in [1.54, 1.807) is 0 Å². The first-order chi connectivity index (χ1) is 8.81. The Morgan fingerprint density at radius 1 is 0.833 bits per heavy atom. The van der Waals surface area contributed by atoms with Crippen LogP contribution in [-0.2, 0) is 0 Å². The molecule has 3 unspecified atom stereocenters. The van der Waals surface area contributed by atoms with Crippen LogP contribution in [0, 0.1) is 17.8 Å². The van der Waals surface area contributed by atoms with Gasteiger partial charge in [0.05, 0.1) is 6.10 Å². The maximum Gasteiger partial charge on any atom is 0.0596 e. The van der Waals surface area contributed by atoms with Gasteiger partial charge in [-0.25, -0.2) is 0 Å². The first-order valence-corrected chi connectivity index (χ1v) is 8.49. The second-order valence-corrected chi connectivity index (χ2v) is 6.80. The van der Waals surface area contributed by atoms with Crippen molar-refractivity contribution in [2.75, 3.05) is 0 Å². The molecule has 0 amide bonds. The fourth-order valence-electron chi connectivity index (χ4n) is 4.23. The molecule has 0 aromatic heterocycles. The molecule has 2 rings (SSSR count). The van der Waals surface area contributed by atoms with Crippen molar-refractivity contribution >= 4 is 0 Å². The fraction of sp³-hybridized carbons (Fsp3) is 1.00. The van der Waals surface area contributed by atoms with Gasteiger partial charge < -0.3 is 5.11 Å². The quantitative estimate of drug-likeness (QED) is 0.755. The van der Waals surface area contributed by atoms with Crippen LogP contribution in [0.2, 0.25) is 0 Å². The van der Waals surface area contributed by atoms with Crippen LogP contribution < -0.4 is 0 Å². The summed E-state index contributed by atoms with van der Waals surface area (Å²) in [6.45, 7) is 2.31. The Morgan fingerprint density at radius 2 is 1.44 bits per heavy atom. The molecule has 0 radical (unpaired) electrons. The van der Waals surface area contributed by atoms with Crippen molar-refractivity contribution in [1.82, 2.24) is 0 Å². The normalized spacial score (nSPS) is 33.7. The highest BCUT2D eigenvalue weighted by atomic mass is 16.3. The minimum atomic E-state index is 0.0115. The van der Waals surface area contributed by atoms with E-state index in [2.05, 4.69) is 6.92 Å². The van der Waals surface area contributed by atoms with E-state index in [9.17, 15) is 5.11 Å². The lowest BCUT2D eigenvalue weighted by atomic mass is 9.73. The van der Waals surface area contributed by atoms with Crippen molar-refractivity contribution in [2.45, 2.75) is 90.1 Å². The molecule has 0 bridgehead atoms. The zero-order chi connectivity index (χ0) is 12.8. The van der Waals surface area contributed by atoms with Gasteiger partial charge in [0, 0.05) is 0 Å². The van der Waals surface area contributed by atoms with Gasteiger partial charge >= 0.3 is 0 Å². The standard InChI is InChI=1S/C17H32O/c1-2-14-9-8-12-16(13-14)17(18)15-10-6-4-3-5-7-11-15/h14-18H,2-13H2,1H3. The highest BCUT2D eigenvalue weighted by Gasteiger charge is 2.31. The van der Waals surface area contributed by atoms with E-state index in [0.717, 1.165) is 5.92 Å². The van der Waals surface area contributed by atoms with Crippen molar-refractivity contribution in [3.05, 3.63) is 0 Å². The largest absolute Gasteiger partial charge is 0.393 e. The average Bonchev–Trinajstić information content (AvgIpc) is 2.38. The highest BCUT2D eigenvalue weighted by molar-refractivity contribution is 4.82. The molecule has 1 nitrogen and oxygen atoms in total. The molecule has 1 N–H and O–H groups in total. The van der Waals surface area contributed by atoms with Crippen LogP contribution in [0.3, 0.4) is 0 Å². The molecule has 3 atom stereocenters. The number of aliphatic hydroxyl groups is 1. The van der Waals surface area contributed by atoms with Crippen molar-refractivity contribution in [2.24, 2.45) is 17.8 Å².